The van der Waals surface area contributed by atoms with Gasteiger partial charge in [0, 0.05) is 25.9 Å². The van der Waals surface area contributed by atoms with E-state index >= 15 is 0 Å². The van der Waals surface area contributed by atoms with Crippen molar-refractivity contribution in [3.63, 3.8) is 0 Å². The second-order valence-corrected chi connectivity index (χ2v) is 4.31. The Labute approximate surface area is 88.2 Å². The number of aliphatic hydroxyl groups is 1. The summed E-state index contributed by atoms with van der Waals surface area (Å²) in [6, 6.07) is 0. The molecule has 0 aromatic heterocycles. The molecule has 0 bridgehead atoms. The quantitative estimate of drug-likeness (QED) is 0.690. The van der Waals surface area contributed by atoms with E-state index in [-0.39, 0.29) is 5.78 Å². The van der Waals surface area contributed by atoms with Crippen LogP contribution in [-0.2, 0) is 19.3 Å². The highest BCUT2D eigenvalue weighted by Gasteiger charge is 2.62. The maximum Gasteiger partial charge on any atom is 0.212 e. The molecule has 2 aliphatic rings. The lowest BCUT2D eigenvalue weighted by Gasteiger charge is -2.42. The van der Waals surface area contributed by atoms with Crippen LogP contribution in [0.4, 0.5) is 0 Å². The smallest absolute Gasteiger partial charge is 0.212 e. The molecule has 1 aliphatic heterocycles. The van der Waals surface area contributed by atoms with Crippen LogP contribution in [-0.4, -0.2) is 29.6 Å². The minimum atomic E-state index is -1.47. The van der Waals surface area contributed by atoms with Gasteiger partial charge in [0.2, 0.25) is 5.79 Å². The van der Waals surface area contributed by atoms with E-state index in [1.54, 1.807) is 6.92 Å². The average Bonchev–Trinajstić information content (AvgIpc) is 2.42. The Hall–Kier alpha value is -0.490. The molecule has 2 fully saturated rings. The van der Waals surface area contributed by atoms with Gasteiger partial charge in [-0.05, 0) is 13.8 Å². The summed E-state index contributed by atoms with van der Waals surface area (Å²) in [4.78, 5) is 21.6. The summed E-state index contributed by atoms with van der Waals surface area (Å²) in [6.45, 7) is 4.02. The molecule has 5 nitrogen and oxygen atoms in total. The first-order valence-corrected chi connectivity index (χ1v) is 5.23. The highest BCUT2D eigenvalue weighted by atomic mass is 17.3. The molecule has 0 aromatic rings. The van der Waals surface area contributed by atoms with Gasteiger partial charge in [0.1, 0.15) is 5.78 Å². The number of fused-ring (bicyclic) bond motifs is 1. The van der Waals surface area contributed by atoms with Crippen molar-refractivity contribution in [2.45, 2.75) is 45.2 Å². The summed E-state index contributed by atoms with van der Waals surface area (Å²) in [7, 11) is 0. The summed E-state index contributed by atoms with van der Waals surface area (Å²) in [5, 5.41) is 10.1. The molecule has 15 heavy (non-hydrogen) atoms. The van der Waals surface area contributed by atoms with Crippen molar-refractivity contribution >= 4 is 5.78 Å². The van der Waals surface area contributed by atoms with Gasteiger partial charge in [-0.25, -0.2) is 4.89 Å². The van der Waals surface area contributed by atoms with Crippen molar-refractivity contribution < 1.29 is 24.4 Å². The number of rotatable bonds is 2. The van der Waals surface area contributed by atoms with Crippen LogP contribution in [0.1, 0.15) is 33.1 Å². The van der Waals surface area contributed by atoms with Gasteiger partial charge in [-0.2, -0.15) is 4.89 Å². The zero-order valence-corrected chi connectivity index (χ0v) is 8.99. The van der Waals surface area contributed by atoms with E-state index < -0.39 is 17.5 Å². The van der Waals surface area contributed by atoms with Crippen molar-refractivity contribution in [3.8, 4) is 0 Å². The number of ether oxygens (including phenoxy) is 1. The Morgan fingerprint density at radius 3 is 3.07 bits per heavy atom. The molecule has 5 heteroatoms. The highest BCUT2D eigenvalue weighted by Crippen LogP contribution is 2.50. The maximum absolute atomic E-state index is 11.7. The largest absolute Gasteiger partial charge is 0.362 e. The lowest BCUT2D eigenvalue weighted by molar-refractivity contribution is -0.511. The standard InChI is InChI=1S/C10H16O5/c1-3-13-8-6-9(2)7(11)4-5-10(9,12)15-14-8/h8,12H,3-6H2,1-2H3/t8-,9-,10+/m1/s1. The second-order valence-electron chi connectivity index (χ2n) is 4.31. The molecule has 3 atom stereocenters. The molecular formula is C10H16O5. The Morgan fingerprint density at radius 2 is 2.40 bits per heavy atom. The third-order valence-electron chi connectivity index (χ3n) is 3.39. The molecule has 0 amide bonds. The monoisotopic (exact) mass is 216 g/mol. The van der Waals surface area contributed by atoms with Crippen LogP contribution in [0.5, 0.6) is 0 Å². The van der Waals surface area contributed by atoms with Crippen molar-refractivity contribution in [1.82, 2.24) is 0 Å². The van der Waals surface area contributed by atoms with Gasteiger partial charge >= 0.3 is 0 Å². The van der Waals surface area contributed by atoms with Gasteiger partial charge < -0.3 is 9.84 Å². The molecule has 0 radical (unpaired) electrons. The summed E-state index contributed by atoms with van der Waals surface area (Å²) >= 11 is 0. The topological polar surface area (TPSA) is 65.0 Å². The van der Waals surface area contributed by atoms with Crippen molar-refractivity contribution in [1.29, 1.82) is 0 Å². The molecule has 0 spiro atoms. The fourth-order valence-electron chi connectivity index (χ4n) is 2.23. The number of carbonyl (C=O) groups excluding carboxylic acids is 1. The van der Waals surface area contributed by atoms with Crippen LogP contribution in [0.2, 0.25) is 0 Å². The third kappa shape index (κ3) is 1.50. The lowest BCUT2D eigenvalue weighted by atomic mass is 9.79. The van der Waals surface area contributed by atoms with E-state index in [9.17, 15) is 9.90 Å². The Kier molecular flexibility index (Phi) is 2.58. The zero-order valence-electron chi connectivity index (χ0n) is 8.99. The van der Waals surface area contributed by atoms with Gasteiger partial charge in [-0.15, -0.1) is 0 Å². The van der Waals surface area contributed by atoms with E-state index in [0.717, 1.165) is 0 Å². The average molecular weight is 216 g/mol. The normalized spacial score (nSPS) is 45.5. The number of carbonyl (C=O) groups is 1. The van der Waals surface area contributed by atoms with Gasteiger partial charge in [0.15, 0.2) is 6.29 Å². The SMILES string of the molecule is CCO[C@H]1C[C@]2(C)C(=O)CC[C@]2(O)OO1. The van der Waals surface area contributed by atoms with Crippen molar-refractivity contribution in [2.24, 2.45) is 5.41 Å². The summed E-state index contributed by atoms with van der Waals surface area (Å²) in [5.74, 6) is -1.46. The van der Waals surface area contributed by atoms with E-state index in [4.69, 9.17) is 14.5 Å². The fourth-order valence-corrected chi connectivity index (χ4v) is 2.23. The molecule has 1 saturated carbocycles. The molecule has 1 aliphatic carbocycles. The number of hydrogen-bond acceptors (Lipinski definition) is 5. The summed E-state index contributed by atoms with van der Waals surface area (Å²) in [6.07, 6.45) is 0.398. The summed E-state index contributed by atoms with van der Waals surface area (Å²) in [5.41, 5.74) is -0.898. The van der Waals surface area contributed by atoms with E-state index in [2.05, 4.69) is 0 Å². The van der Waals surface area contributed by atoms with E-state index in [1.165, 1.54) is 0 Å². The van der Waals surface area contributed by atoms with Crippen LogP contribution < -0.4 is 0 Å². The predicted molar refractivity (Wildman–Crippen MR) is 49.5 cm³/mol. The van der Waals surface area contributed by atoms with E-state index in [0.29, 0.717) is 25.9 Å². The molecule has 0 unspecified atom stereocenters. The molecule has 0 aromatic carbocycles. The Morgan fingerprint density at radius 1 is 1.67 bits per heavy atom. The van der Waals surface area contributed by atoms with Gasteiger partial charge in [0.25, 0.3) is 0 Å². The first kappa shape index (κ1) is 11.0. The highest BCUT2D eigenvalue weighted by molar-refractivity contribution is 5.88. The Bertz CT molecular complexity index is 279. The second kappa shape index (κ2) is 3.52. The predicted octanol–water partition coefficient (Wildman–Crippen LogP) is 0.759. The van der Waals surface area contributed by atoms with Crippen LogP contribution in [0.25, 0.3) is 0 Å². The molecule has 1 heterocycles. The molecular weight excluding hydrogens is 200 g/mol. The number of Topliss-reactive ketones (excluding diaryl/α,β-unsaturated/α-hetero) is 1. The maximum atomic E-state index is 11.7. The Balaban J connectivity index is 2.18. The molecule has 1 saturated heterocycles. The first-order chi connectivity index (χ1) is 7.02. The van der Waals surface area contributed by atoms with Gasteiger partial charge in [-0.3, -0.25) is 4.79 Å². The van der Waals surface area contributed by atoms with Gasteiger partial charge in [0.05, 0.1) is 5.41 Å². The van der Waals surface area contributed by atoms with Crippen molar-refractivity contribution in [3.05, 3.63) is 0 Å². The third-order valence-corrected chi connectivity index (χ3v) is 3.39. The molecule has 1 N–H and O–H groups in total. The molecule has 86 valence electrons. The fraction of sp³-hybridized carbons (Fsp3) is 0.900. The lowest BCUT2D eigenvalue weighted by Crippen LogP contribution is -2.54. The van der Waals surface area contributed by atoms with Crippen molar-refractivity contribution in [2.75, 3.05) is 6.61 Å². The minimum absolute atomic E-state index is 0.0120. The molecule has 2 rings (SSSR count). The number of hydrogen-bond donors (Lipinski definition) is 1. The first-order valence-electron chi connectivity index (χ1n) is 5.23. The number of ketones is 1. The van der Waals surface area contributed by atoms with Crippen LogP contribution >= 0.6 is 0 Å². The van der Waals surface area contributed by atoms with Crippen LogP contribution in [0, 0.1) is 5.41 Å². The van der Waals surface area contributed by atoms with Crippen LogP contribution in [0.3, 0.4) is 0 Å². The van der Waals surface area contributed by atoms with E-state index in [1.807, 2.05) is 6.92 Å². The minimum Gasteiger partial charge on any atom is -0.362 e. The van der Waals surface area contributed by atoms with Gasteiger partial charge in [-0.1, -0.05) is 0 Å². The zero-order chi connectivity index (χ0) is 11.1. The van der Waals surface area contributed by atoms with Crippen LogP contribution in [0.15, 0.2) is 0 Å². The summed E-state index contributed by atoms with van der Waals surface area (Å²) < 4.78 is 5.24.